The monoisotopic (exact) mass is 91.0 g/mol. The van der Waals surface area contributed by atoms with Gasteiger partial charge in [0.15, 0.2) is 0 Å². The molecule has 0 aromatic carbocycles. The Kier molecular flexibility index (Phi) is 533. The van der Waals surface area contributed by atoms with E-state index in [1.807, 2.05) is 0 Å². The molecule has 0 atom stereocenters. The Bertz CT molecular complexity index is 6.00. The summed E-state index contributed by atoms with van der Waals surface area (Å²) in [6.07, 6.45) is 0. The van der Waals surface area contributed by atoms with Crippen LogP contribution < -0.4 is 6.15 Å². The molecule has 24 valence electrons. The molecular formula is H5CaNO2. The van der Waals surface area contributed by atoms with Crippen molar-refractivity contribution in [1.29, 1.82) is 0 Å². The minimum Gasteiger partial charge on any atom is -0.870 e. The van der Waals surface area contributed by atoms with Gasteiger partial charge in [-0.15, -0.1) is 0 Å². The molecule has 0 aliphatic rings. The Morgan fingerprint density at radius 3 is 0.750 bits per heavy atom. The molecule has 0 aliphatic heterocycles. The van der Waals surface area contributed by atoms with Gasteiger partial charge in [-0.3, -0.25) is 0 Å². The van der Waals surface area contributed by atoms with Gasteiger partial charge in [-0.1, -0.05) is 0 Å². The van der Waals surface area contributed by atoms with Crippen molar-refractivity contribution in [3.05, 3.63) is 0 Å². The molecule has 0 fully saturated rings. The van der Waals surface area contributed by atoms with Gasteiger partial charge < -0.3 is 17.1 Å². The summed E-state index contributed by atoms with van der Waals surface area (Å²) in [5.74, 6) is 0. The van der Waals surface area contributed by atoms with E-state index >= 15 is 0 Å². The van der Waals surface area contributed by atoms with Gasteiger partial charge in [0.25, 0.3) is 0 Å². The Balaban J connectivity index is 0. The molecule has 0 saturated carbocycles. The van der Waals surface area contributed by atoms with E-state index in [2.05, 4.69) is 0 Å². The first-order valence-electron chi connectivity index (χ1n) is 0. The molecule has 0 unspecified atom stereocenters. The van der Waals surface area contributed by atoms with Gasteiger partial charge in [0.1, 0.15) is 0 Å². The average molecular weight is 91.1 g/mol. The van der Waals surface area contributed by atoms with Crippen LogP contribution in [-0.2, 0) is 0 Å². The summed E-state index contributed by atoms with van der Waals surface area (Å²) >= 11 is 0. The second kappa shape index (κ2) is 31.4. The fraction of sp³-hybridized carbons (Fsp3) is 0. The first-order valence-corrected chi connectivity index (χ1v) is 0. The third kappa shape index (κ3) is 11.1. The maximum atomic E-state index is 0. The molecule has 4 heavy (non-hydrogen) atoms. The molecule has 5 N–H and O–H groups in total. The molecule has 0 aliphatic carbocycles. The summed E-state index contributed by atoms with van der Waals surface area (Å²) in [7, 11) is 0. The normalized spacial score (nSPS) is 0. The van der Waals surface area contributed by atoms with Crippen LogP contribution in [0.1, 0.15) is 0 Å². The summed E-state index contributed by atoms with van der Waals surface area (Å²) in [4.78, 5) is 0. The van der Waals surface area contributed by atoms with Crippen LogP contribution in [0, 0.1) is 0 Å². The standard InChI is InChI=1S/Ca.H3N.2H2O/h;1H3;2*1H2/q+2;;;/p-2. The predicted octanol–water partition coefficient (Wildman–Crippen LogP) is -0.572. The summed E-state index contributed by atoms with van der Waals surface area (Å²) in [5.41, 5.74) is 0. The topological polar surface area (TPSA) is 95.0 Å². The molecule has 0 bridgehead atoms. The molecule has 4 heteroatoms. The third-order valence-corrected chi connectivity index (χ3v) is 0. The first kappa shape index (κ1) is 67.8. The van der Waals surface area contributed by atoms with Crippen molar-refractivity contribution < 1.29 is 11.0 Å². The summed E-state index contributed by atoms with van der Waals surface area (Å²) in [6.45, 7) is 0. The van der Waals surface area contributed by atoms with E-state index in [-0.39, 0.29) is 54.8 Å². The van der Waals surface area contributed by atoms with Gasteiger partial charge in [0, 0.05) is 0 Å². The van der Waals surface area contributed by atoms with Crippen molar-refractivity contribution in [2.24, 2.45) is 0 Å². The van der Waals surface area contributed by atoms with E-state index < -0.39 is 0 Å². The quantitative estimate of drug-likeness (QED) is 0.404. The Labute approximate surface area is 54.6 Å². The van der Waals surface area contributed by atoms with Crippen molar-refractivity contribution in [3.63, 3.8) is 0 Å². The van der Waals surface area contributed by atoms with Crippen molar-refractivity contribution in [1.82, 2.24) is 6.15 Å². The van der Waals surface area contributed by atoms with Gasteiger partial charge in [-0.25, -0.2) is 0 Å². The predicted molar refractivity (Wildman–Crippen MR) is 14.6 cm³/mol. The Morgan fingerprint density at radius 1 is 0.750 bits per heavy atom. The van der Waals surface area contributed by atoms with Gasteiger partial charge in [-0.05, 0) is 0 Å². The molecule has 0 rings (SSSR count). The smallest absolute Gasteiger partial charge is 0.870 e. The van der Waals surface area contributed by atoms with Crippen LogP contribution in [0.2, 0.25) is 0 Å². The maximum absolute atomic E-state index is 0. The number of hydrogen-bond acceptors (Lipinski definition) is 3. The van der Waals surface area contributed by atoms with E-state index in [0.29, 0.717) is 0 Å². The van der Waals surface area contributed by atoms with Gasteiger partial charge in [0.2, 0.25) is 0 Å². The van der Waals surface area contributed by atoms with Crippen molar-refractivity contribution in [2.45, 2.75) is 0 Å². The van der Waals surface area contributed by atoms with Crippen LogP contribution in [-0.4, -0.2) is 48.7 Å². The molecule has 0 amide bonds. The third-order valence-electron chi connectivity index (χ3n) is 0. The Morgan fingerprint density at radius 2 is 0.750 bits per heavy atom. The molecule has 0 saturated heterocycles. The molecule has 0 heterocycles. The van der Waals surface area contributed by atoms with Crippen molar-refractivity contribution >= 4 is 37.7 Å². The fourth-order valence-electron chi connectivity index (χ4n) is 0. The number of hydrogen-bond donors (Lipinski definition) is 1. The fourth-order valence-corrected chi connectivity index (χ4v) is 0. The Hall–Kier alpha value is 1.14. The zero-order chi connectivity index (χ0) is 0. The zero-order valence-electron chi connectivity index (χ0n) is 2.31. The summed E-state index contributed by atoms with van der Waals surface area (Å²) in [5, 5.41) is 0. The SMILES string of the molecule is N.[Ca+2].[OH-].[OH-]. The second-order valence-corrected chi connectivity index (χ2v) is 0. The largest absolute Gasteiger partial charge is 2.00 e. The van der Waals surface area contributed by atoms with E-state index in [0.717, 1.165) is 0 Å². The minimum absolute atomic E-state index is 0. The molecule has 0 spiro atoms. The molecular weight excluding hydrogens is 86.1 g/mol. The summed E-state index contributed by atoms with van der Waals surface area (Å²) in [6, 6.07) is 0. The van der Waals surface area contributed by atoms with Crippen LogP contribution in [0.15, 0.2) is 0 Å². The van der Waals surface area contributed by atoms with E-state index in [1.165, 1.54) is 0 Å². The average Bonchev–Trinajstić information content (AvgIpc) is 0. The van der Waals surface area contributed by atoms with Crippen LogP contribution in [0.5, 0.6) is 0 Å². The molecule has 0 radical (unpaired) electrons. The maximum Gasteiger partial charge on any atom is 2.00 e. The summed E-state index contributed by atoms with van der Waals surface area (Å²) < 4.78 is 0. The van der Waals surface area contributed by atoms with Crippen LogP contribution in [0.3, 0.4) is 0 Å². The van der Waals surface area contributed by atoms with Crippen LogP contribution >= 0.6 is 0 Å². The molecule has 0 aromatic rings. The van der Waals surface area contributed by atoms with Gasteiger partial charge >= 0.3 is 37.7 Å². The molecule has 0 aromatic heterocycles. The first-order chi connectivity index (χ1) is 0. The van der Waals surface area contributed by atoms with E-state index in [9.17, 15) is 0 Å². The minimum atomic E-state index is 0. The van der Waals surface area contributed by atoms with Crippen LogP contribution in [0.4, 0.5) is 0 Å². The second-order valence-electron chi connectivity index (χ2n) is 0. The van der Waals surface area contributed by atoms with Gasteiger partial charge in [0.05, 0.1) is 0 Å². The van der Waals surface area contributed by atoms with E-state index in [4.69, 9.17) is 0 Å². The van der Waals surface area contributed by atoms with Crippen LogP contribution in [0.25, 0.3) is 0 Å². The zero-order valence-corrected chi connectivity index (χ0v) is 4.52. The van der Waals surface area contributed by atoms with Crippen molar-refractivity contribution in [2.75, 3.05) is 0 Å². The van der Waals surface area contributed by atoms with Crippen molar-refractivity contribution in [3.8, 4) is 0 Å². The van der Waals surface area contributed by atoms with Gasteiger partial charge in [-0.2, -0.15) is 0 Å². The molecule has 3 nitrogen and oxygen atoms in total. The van der Waals surface area contributed by atoms with E-state index in [1.54, 1.807) is 0 Å². The number of rotatable bonds is 0.